The minimum Gasteiger partial charge on any atom is -0.457 e. The van der Waals surface area contributed by atoms with Gasteiger partial charge in [-0.05, 0) is 129 Å². The Morgan fingerprint density at radius 3 is 1.67 bits per heavy atom. The Morgan fingerprint density at radius 2 is 1.03 bits per heavy atom. The molecule has 0 amide bonds. The summed E-state index contributed by atoms with van der Waals surface area (Å²) in [7, 11) is 0. The van der Waals surface area contributed by atoms with Gasteiger partial charge in [0.2, 0.25) is 0 Å². The van der Waals surface area contributed by atoms with E-state index in [1.54, 1.807) is 0 Å². The zero-order valence-corrected chi connectivity index (χ0v) is 42.2. The molecule has 0 radical (unpaired) electrons. The summed E-state index contributed by atoms with van der Waals surface area (Å²) in [5.41, 5.74) is 14.7. The minimum atomic E-state index is -0.155. The first-order valence-corrected chi connectivity index (χ1v) is 24.1. The molecule has 348 valence electrons. The van der Waals surface area contributed by atoms with Crippen LogP contribution in [0.5, 0.6) is 11.5 Å². The summed E-state index contributed by atoms with van der Waals surface area (Å²) in [6.45, 7) is 27.6. The van der Waals surface area contributed by atoms with Crippen LogP contribution in [0.4, 0.5) is 22.7 Å². The van der Waals surface area contributed by atoms with E-state index in [1.165, 1.54) is 27.6 Å². The third kappa shape index (κ3) is 8.62. The fourth-order valence-corrected chi connectivity index (χ4v) is 9.48. The minimum absolute atomic E-state index is 0.0227. The van der Waals surface area contributed by atoms with Gasteiger partial charge in [0, 0.05) is 64.5 Å². The van der Waals surface area contributed by atoms with E-state index in [-0.39, 0.29) is 21.7 Å². The van der Waals surface area contributed by atoms with E-state index in [9.17, 15) is 0 Å². The summed E-state index contributed by atoms with van der Waals surface area (Å²) in [4.78, 5) is 24.6. The van der Waals surface area contributed by atoms with Crippen LogP contribution in [0.2, 0.25) is 0 Å². The molecule has 5 aromatic heterocycles. The molecule has 0 saturated carbocycles. The van der Waals surface area contributed by atoms with Crippen molar-refractivity contribution in [2.24, 2.45) is 0 Å². The van der Waals surface area contributed by atoms with Gasteiger partial charge in [0.05, 0.1) is 45.7 Å². The number of ether oxygens (including phenoxy) is 1. The number of aromatic nitrogens is 5. The molecule has 1 aliphatic heterocycles. The zero-order valence-electron chi connectivity index (χ0n) is 42.2. The molecule has 4 aromatic carbocycles. The number of nitrogens with zero attached hydrogens (tertiary/aromatic N) is 7. The molecule has 0 aliphatic carbocycles. The molecule has 0 N–H and O–H groups in total. The lowest BCUT2D eigenvalue weighted by Gasteiger charge is -2.30. The Kier molecular flexibility index (Phi) is 11.0. The van der Waals surface area contributed by atoms with Crippen LogP contribution in [0.25, 0.3) is 50.1 Å². The molecule has 0 bridgehead atoms. The zero-order chi connectivity index (χ0) is 48.6. The number of fused-ring (bicyclic) bond motifs is 4. The van der Waals surface area contributed by atoms with Gasteiger partial charge in [-0.3, -0.25) is 19.5 Å². The van der Waals surface area contributed by atoms with Crippen molar-refractivity contribution in [3.8, 4) is 39.8 Å². The molecule has 1 aliphatic rings. The topological polar surface area (TPSA) is 72.2 Å². The van der Waals surface area contributed by atoms with Gasteiger partial charge < -0.3 is 14.5 Å². The highest BCUT2D eigenvalue weighted by atomic mass is 16.5. The van der Waals surface area contributed by atoms with E-state index in [2.05, 4.69) is 213 Å². The van der Waals surface area contributed by atoms with Crippen LogP contribution in [-0.2, 0) is 21.7 Å². The number of para-hydroxylation sites is 1. The lowest BCUT2D eigenvalue weighted by atomic mass is 9.81. The molecule has 0 unspecified atom stereocenters. The molecule has 0 spiro atoms. The summed E-state index contributed by atoms with van der Waals surface area (Å²) in [6.07, 6.45) is 9.69. The van der Waals surface area contributed by atoms with E-state index in [1.807, 2.05) is 37.1 Å². The summed E-state index contributed by atoms with van der Waals surface area (Å²) in [5.74, 6) is 2.36. The predicted molar refractivity (Wildman–Crippen MR) is 286 cm³/mol. The van der Waals surface area contributed by atoms with Crippen LogP contribution in [0.3, 0.4) is 0 Å². The normalized spacial score (nSPS) is 13.4. The molecule has 10 rings (SSSR count). The molecule has 0 atom stereocenters. The second-order valence-electron chi connectivity index (χ2n) is 22.7. The maximum Gasteiger partial charge on any atom is 0.137 e. The number of pyridine rings is 4. The molecule has 8 nitrogen and oxygen atoms in total. The first-order valence-electron chi connectivity index (χ1n) is 24.1. The number of hydrogen-bond acceptors (Lipinski definition) is 7. The standard InChI is InChI=1S/C61H63N7O/c1-58(2,3)39-22-27-63-50(32-39)48-30-42(61(10,11)12)31-49(51-33-40(23-28-64-51)59(4,5)6)57(48)67-38-66(53-25-26-62-37-55(53)67)43-16-15-17-44(35-43)69-45-20-21-47-46-18-13-14-19-52(46)68(54(47)36-45)56-34-41(24-29-65-56)60(7,8)9/h13-37H,38H2,1-12H3. The smallest absolute Gasteiger partial charge is 0.137 e. The van der Waals surface area contributed by atoms with Gasteiger partial charge in [-0.15, -0.1) is 0 Å². The van der Waals surface area contributed by atoms with Gasteiger partial charge in [0.1, 0.15) is 24.0 Å². The summed E-state index contributed by atoms with van der Waals surface area (Å²) in [6, 6.07) is 43.2. The van der Waals surface area contributed by atoms with Crippen molar-refractivity contribution >= 4 is 44.6 Å². The van der Waals surface area contributed by atoms with Crippen molar-refractivity contribution in [2.75, 3.05) is 16.5 Å². The van der Waals surface area contributed by atoms with Gasteiger partial charge in [-0.25, -0.2) is 4.98 Å². The Labute approximate surface area is 407 Å². The van der Waals surface area contributed by atoms with Gasteiger partial charge in [-0.1, -0.05) is 107 Å². The van der Waals surface area contributed by atoms with Gasteiger partial charge in [0.15, 0.2) is 0 Å². The van der Waals surface area contributed by atoms with Crippen molar-refractivity contribution in [1.82, 2.24) is 24.5 Å². The van der Waals surface area contributed by atoms with Crippen molar-refractivity contribution in [3.05, 3.63) is 175 Å². The van der Waals surface area contributed by atoms with Crippen LogP contribution in [-0.4, -0.2) is 31.2 Å². The molecule has 69 heavy (non-hydrogen) atoms. The van der Waals surface area contributed by atoms with Gasteiger partial charge >= 0.3 is 0 Å². The average Bonchev–Trinajstić information content (AvgIpc) is 3.86. The average molecular weight is 910 g/mol. The number of anilines is 4. The third-order valence-electron chi connectivity index (χ3n) is 13.5. The lowest BCUT2D eigenvalue weighted by molar-refractivity contribution is 0.483. The number of hydrogen-bond donors (Lipinski definition) is 0. The van der Waals surface area contributed by atoms with Crippen molar-refractivity contribution < 1.29 is 4.74 Å². The second-order valence-corrected chi connectivity index (χ2v) is 22.7. The molecular formula is C61H63N7O. The van der Waals surface area contributed by atoms with E-state index in [4.69, 9.17) is 24.7 Å². The Bertz CT molecular complexity index is 3330. The summed E-state index contributed by atoms with van der Waals surface area (Å²) in [5, 5.41) is 2.32. The maximum absolute atomic E-state index is 6.82. The van der Waals surface area contributed by atoms with E-state index in [0.717, 1.165) is 79.0 Å². The highest BCUT2D eigenvalue weighted by Crippen LogP contribution is 2.51. The molecule has 0 fully saturated rings. The lowest BCUT2D eigenvalue weighted by Crippen LogP contribution is -2.25. The van der Waals surface area contributed by atoms with E-state index in [0.29, 0.717) is 6.67 Å². The first kappa shape index (κ1) is 45.5. The fourth-order valence-electron chi connectivity index (χ4n) is 9.48. The molecule has 6 heterocycles. The second kappa shape index (κ2) is 16.7. The monoisotopic (exact) mass is 910 g/mol. The Balaban J connectivity index is 1.09. The van der Waals surface area contributed by atoms with Crippen molar-refractivity contribution in [3.63, 3.8) is 0 Å². The predicted octanol–water partition coefficient (Wildman–Crippen LogP) is 15.9. The molecule has 8 heteroatoms. The van der Waals surface area contributed by atoms with Crippen molar-refractivity contribution in [1.29, 1.82) is 0 Å². The molecule has 9 aromatic rings. The highest BCUT2D eigenvalue weighted by Gasteiger charge is 2.34. The Morgan fingerprint density at radius 1 is 0.449 bits per heavy atom. The largest absolute Gasteiger partial charge is 0.457 e. The fraction of sp³-hybridized carbons (Fsp3) is 0.279. The number of rotatable bonds is 7. The quantitative estimate of drug-likeness (QED) is 0.158. The molecular weight excluding hydrogens is 847 g/mol. The maximum atomic E-state index is 6.82. The van der Waals surface area contributed by atoms with E-state index < -0.39 is 0 Å². The summed E-state index contributed by atoms with van der Waals surface area (Å²) >= 11 is 0. The van der Waals surface area contributed by atoms with E-state index >= 15 is 0 Å². The van der Waals surface area contributed by atoms with Gasteiger partial charge in [0.25, 0.3) is 0 Å². The highest BCUT2D eigenvalue weighted by molar-refractivity contribution is 6.09. The SMILES string of the molecule is CC(C)(C)c1ccnc(-c2cc(C(C)(C)C)cc(-c3cc(C(C)(C)C)ccn3)c2N2CN(c3cccc(Oc4ccc5c6ccccc6n(-c6cc(C(C)(C)C)ccn6)c5c4)c3)c3ccncc32)c1. The van der Waals surface area contributed by atoms with Crippen molar-refractivity contribution in [2.45, 2.75) is 105 Å². The number of benzene rings is 4. The Hall–Kier alpha value is -7.32. The summed E-state index contributed by atoms with van der Waals surface area (Å²) < 4.78 is 9.08. The van der Waals surface area contributed by atoms with Crippen LogP contribution >= 0.6 is 0 Å². The van der Waals surface area contributed by atoms with Crippen LogP contribution in [0.1, 0.15) is 105 Å². The third-order valence-corrected chi connectivity index (χ3v) is 13.5. The van der Waals surface area contributed by atoms with Crippen LogP contribution in [0.15, 0.2) is 152 Å². The van der Waals surface area contributed by atoms with Gasteiger partial charge in [-0.2, -0.15) is 0 Å². The molecule has 0 saturated heterocycles. The van der Waals surface area contributed by atoms with Crippen LogP contribution < -0.4 is 14.5 Å². The first-order chi connectivity index (χ1) is 32.7. The van der Waals surface area contributed by atoms with Crippen LogP contribution in [0, 0.1) is 0 Å².